The molecule has 0 spiro atoms. The second-order valence-corrected chi connectivity index (χ2v) is 7.22. The highest BCUT2D eigenvalue weighted by Crippen LogP contribution is 2.13. The van der Waals surface area contributed by atoms with Crippen molar-refractivity contribution in [3.05, 3.63) is 35.8 Å². The number of hydrogen-bond acceptors (Lipinski definition) is 5. The van der Waals surface area contributed by atoms with E-state index in [4.69, 9.17) is 0 Å². The maximum absolute atomic E-state index is 13.4. The monoisotopic (exact) mass is 326 g/mol. The van der Waals surface area contributed by atoms with Crippen molar-refractivity contribution < 1.29 is 17.6 Å². The van der Waals surface area contributed by atoms with Gasteiger partial charge < -0.3 is 5.32 Å². The Morgan fingerprint density at radius 2 is 2.09 bits per heavy atom. The Morgan fingerprint density at radius 1 is 1.36 bits per heavy atom. The molecule has 0 aliphatic heterocycles. The number of carbonyl (C=O) groups is 1. The SMILES string of the molecule is Cc1cc(F)cc(-n2cc(NC(=O)CCS(C)(=O)=O)nn2)c1. The average molecular weight is 326 g/mol. The molecule has 0 unspecified atom stereocenters. The van der Waals surface area contributed by atoms with Crippen molar-refractivity contribution in [1.29, 1.82) is 0 Å². The van der Waals surface area contributed by atoms with Gasteiger partial charge in [-0.05, 0) is 30.7 Å². The van der Waals surface area contributed by atoms with Crippen molar-refractivity contribution in [1.82, 2.24) is 15.0 Å². The van der Waals surface area contributed by atoms with Crippen LogP contribution in [0, 0.1) is 12.7 Å². The first-order valence-corrected chi connectivity index (χ1v) is 8.46. The lowest BCUT2D eigenvalue weighted by atomic mass is 10.2. The zero-order valence-corrected chi connectivity index (χ0v) is 12.9. The zero-order valence-electron chi connectivity index (χ0n) is 12.1. The molecule has 0 saturated heterocycles. The molecule has 9 heteroatoms. The molecule has 0 radical (unpaired) electrons. The number of rotatable bonds is 5. The van der Waals surface area contributed by atoms with Crippen molar-refractivity contribution in [3.8, 4) is 5.69 Å². The van der Waals surface area contributed by atoms with Gasteiger partial charge in [0.15, 0.2) is 5.82 Å². The lowest BCUT2D eigenvalue weighted by molar-refractivity contribution is -0.115. The summed E-state index contributed by atoms with van der Waals surface area (Å²) in [5.74, 6) is -0.951. The van der Waals surface area contributed by atoms with Crippen LogP contribution < -0.4 is 5.32 Å². The molecule has 0 saturated carbocycles. The van der Waals surface area contributed by atoms with Crippen LogP contribution in [0.15, 0.2) is 24.4 Å². The van der Waals surface area contributed by atoms with Crippen LogP contribution in [0.2, 0.25) is 0 Å². The Labute approximate surface area is 127 Å². The highest BCUT2D eigenvalue weighted by Gasteiger charge is 2.11. The molecule has 2 aromatic rings. The molecular weight excluding hydrogens is 311 g/mol. The van der Waals surface area contributed by atoms with Gasteiger partial charge in [0.25, 0.3) is 0 Å². The number of carbonyl (C=O) groups excluding carboxylic acids is 1. The average Bonchev–Trinajstić information content (AvgIpc) is 2.83. The molecule has 0 aliphatic carbocycles. The molecule has 22 heavy (non-hydrogen) atoms. The van der Waals surface area contributed by atoms with Gasteiger partial charge in [-0.15, -0.1) is 5.10 Å². The number of amides is 1. The topological polar surface area (TPSA) is 94.0 Å². The van der Waals surface area contributed by atoms with Gasteiger partial charge in [0.2, 0.25) is 5.91 Å². The largest absolute Gasteiger partial charge is 0.308 e. The second kappa shape index (κ2) is 6.22. The lowest BCUT2D eigenvalue weighted by Crippen LogP contribution is -2.16. The Bertz CT molecular complexity index is 781. The minimum absolute atomic E-state index is 0.162. The van der Waals surface area contributed by atoms with Crippen LogP contribution in [-0.4, -0.2) is 41.3 Å². The first-order chi connectivity index (χ1) is 10.2. The standard InChI is InChI=1S/C13H15FN4O3S/c1-9-5-10(14)7-11(6-9)18-8-12(16-17-18)15-13(19)3-4-22(2,20)21/h5-8H,3-4H2,1-2H3,(H,15,19). The number of aromatic nitrogens is 3. The molecule has 1 heterocycles. The molecule has 1 N–H and O–H groups in total. The summed E-state index contributed by atoms with van der Waals surface area (Å²) >= 11 is 0. The van der Waals surface area contributed by atoms with E-state index in [1.165, 1.54) is 23.0 Å². The number of sulfone groups is 1. The van der Waals surface area contributed by atoms with Crippen LogP contribution in [0.3, 0.4) is 0 Å². The quantitative estimate of drug-likeness (QED) is 0.887. The summed E-state index contributed by atoms with van der Waals surface area (Å²) in [5.41, 5.74) is 1.20. The fourth-order valence-corrected chi connectivity index (χ4v) is 2.34. The van der Waals surface area contributed by atoms with Gasteiger partial charge in [0.05, 0.1) is 17.6 Å². The van der Waals surface area contributed by atoms with Crippen molar-refractivity contribution in [2.24, 2.45) is 0 Å². The van der Waals surface area contributed by atoms with Crippen LogP contribution in [0.25, 0.3) is 5.69 Å². The van der Waals surface area contributed by atoms with Crippen molar-refractivity contribution in [2.45, 2.75) is 13.3 Å². The fraction of sp³-hybridized carbons (Fsp3) is 0.308. The predicted molar refractivity (Wildman–Crippen MR) is 79.0 cm³/mol. The van der Waals surface area contributed by atoms with E-state index >= 15 is 0 Å². The highest BCUT2D eigenvalue weighted by atomic mass is 32.2. The number of aryl methyl sites for hydroxylation is 1. The molecule has 2 rings (SSSR count). The highest BCUT2D eigenvalue weighted by molar-refractivity contribution is 7.90. The smallest absolute Gasteiger partial charge is 0.226 e. The maximum Gasteiger partial charge on any atom is 0.226 e. The van der Waals surface area contributed by atoms with Gasteiger partial charge in [-0.1, -0.05) is 5.21 Å². The molecule has 0 bridgehead atoms. The molecule has 1 aromatic carbocycles. The van der Waals surface area contributed by atoms with E-state index in [9.17, 15) is 17.6 Å². The number of benzene rings is 1. The number of nitrogens with one attached hydrogen (secondary N) is 1. The minimum atomic E-state index is -3.20. The molecule has 1 amide bonds. The molecular formula is C13H15FN4O3S. The Kier molecular flexibility index (Phi) is 4.55. The summed E-state index contributed by atoms with van der Waals surface area (Å²) in [5, 5.41) is 9.99. The van der Waals surface area contributed by atoms with Gasteiger partial charge in [0.1, 0.15) is 15.7 Å². The maximum atomic E-state index is 13.4. The van der Waals surface area contributed by atoms with Crippen LogP contribution in [-0.2, 0) is 14.6 Å². The van der Waals surface area contributed by atoms with Crippen molar-refractivity contribution in [3.63, 3.8) is 0 Å². The van der Waals surface area contributed by atoms with Crippen molar-refractivity contribution >= 4 is 21.6 Å². The first-order valence-electron chi connectivity index (χ1n) is 6.40. The molecule has 0 aliphatic rings. The summed E-state index contributed by atoms with van der Waals surface area (Å²) in [4.78, 5) is 11.6. The van der Waals surface area contributed by atoms with E-state index in [1.807, 2.05) is 0 Å². The molecule has 0 atom stereocenters. The Morgan fingerprint density at radius 3 is 2.73 bits per heavy atom. The molecule has 0 fully saturated rings. The van der Waals surface area contributed by atoms with E-state index in [-0.39, 0.29) is 18.0 Å². The Balaban J connectivity index is 2.07. The summed E-state index contributed by atoms with van der Waals surface area (Å²) in [6.07, 6.45) is 2.32. The molecule has 118 valence electrons. The summed E-state index contributed by atoms with van der Waals surface area (Å²) in [7, 11) is -3.20. The van der Waals surface area contributed by atoms with Crippen LogP contribution >= 0.6 is 0 Å². The van der Waals surface area contributed by atoms with E-state index in [2.05, 4.69) is 15.6 Å². The van der Waals surface area contributed by atoms with E-state index < -0.39 is 21.6 Å². The number of halogens is 1. The lowest BCUT2D eigenvalue weighted by Gasteiger charge is -2.02. The third kappa shape index (κ3) is 4.62. The second-order valence-electron chi connectivity index (χ2n) is 4.96. The van der Waals surface area contributed by atoms with Crippen LogP contribution in [0.4, 0.5) is 10.2 Å². The number of anilines is 1. The third-order valence-corrected chi connectivity index (χ3v) is 3.70. The van der Waals surface area contributed by atoms with Crippen LogP contribution in [0.5, 0.6) is 0 Å². The number of nitrogens with zero attached hydrogens (tertiary/aromatic N) is 3. The van der Waals surface area contributed by atoms with E-state index in [1.54, 1.807) is 13.0 Å². The number of hydrogen-bond donors (Lipinski definition) is 1. The Hall–Kier alpha value is -2.29. The zero-order chi connectivity index (χ0) is 16.3. The van der Waals surface area contributed by atoms with E-state index in [0.29, 0.717) is 5.69 Å². The summed E-state index contributed by atoms with van der Waals surface area (Å²) in [6, 6.07) is 4.39. The normalized spacial score (nSPS) is 11.4. The van der Waals surface area contributed by atoms with Gasteiger partial charge in [-0.2, -0.15) is 0 Å². The van der Waals surface area contributed by atoms with Crippen LogP contribution in [0.1, 0.15) is 12.0 Å². The van der Waals surface area contributed by atoms with Crippen molar-refractivity contribution in [2.75, 3.05) is 17.3 Å². The summed E-state index contributed by atoms with van der Waals surface area (Å²) in [6.45, 7) is 1.75. The summed E-state index contributed by atoms with van der Waals surface area (Å²) < 4.78 is 36.7. The fourth-order valence-electron chi connectivity index (χ4n) is 1.78. The van der Waals surface area contributed by atoms with E-state index in [0.717, 1.165) is 11.8 Å². The first kappa shape index (κ1) is 16.1. The van der Waals surface area contributed by atoms with Gasteiger partial charge in [-0.3, -0.25) is 4.79 Å². The minimum Gasteiger partial charge on any atom is -0.308 e. The van der Waals surface area contributed by atoms with Gasteiger partial charge >= 0.3 is 0 Å². The molecule has 7 nitrogen and oxygen atoms in total. The third-order valence-electron chi connectivity index (χ3n) is 2.75. The predicted octanol–water partition coefficient (Wildman–Crippen LogP) is 1.09. The van der Waals surface area contributed by atoms with Gasteiger partial charge in [0, 0.05) is 12.7 Å². The molecule has 1 aromatic heterocycles. The van der Waals surface area contributed by atoms with Gasteiger partial charge in [-0.25, -0.2) is 17.5 Å².